The number of amides is 1. The van der Waals surface area contributed by atoms with Gasteiger partial charge in [-0.1, -0.05) is 12.0 Å². The summed E-state index contributed by atoms with van der Waals surface area (Å²) in [6, 6.07) is 5.61. The first-order valence-corrected chi connectivity index (χ1v) is 11.8. The van der Waals surface area contributed by atoms with Crippen molar-refractivity contribution in [3.8, 4) is 17.7 Å². The highest BCUT2D eigenvalue weighted by Crippen LogP contribution is 2.45. The molecule has 2 aromatic heterocycles. The Morgan fingerprint density at radius 3 is 2.94 bits per heavy atom. The topological polar surface area (TPSA) is 95.4 Å². The molecule has 1 saturated heterocycles. The molecule has 0 unspecified atom stereocenters. The number of nitrogens with one attached hydrogen (secondary N) is 3. The van der Waals surface area contributed by atoms with E-state index in [1.54, 1.807) is 12.1 Å². The number of hydrogen-bond acceptors (Lipinski definition) is 7. The van der Waals surface area contributed by atoms with Crippen molar-refractivity contribution < 1.29 is 31.5 Å². The van der Waals surface area contributed by atoms with Crippen LogP contribution in [0.4, 0.5) is 23.2 Å². The molecule has 8 nitrogen and oxygen atoms in total. The van der Waals surface area contributed by atoms with Crippen molar-refractivity contribution in [3.63, 3.8) is 0 Å². The maximum atomic E-state index is 14.5. The number of aromatic nitrogens is 2. The Labute approximate surface area is 208 Å². The van der Waals surface area contributed by atoms with Gasteiger partial charge < -0.3 is 24.7 Å². The second-order valence-corrected chi connectivity index (χ2v) is 9.17. The molecule has 0 saturated carbocycles. The largest absolute Gasteiger partial charge is 0.463 e. The van der Waals surface area contributed by atoms with Crippen molar-refractivity contribution in [1.82, 2.24) is 20.4 Å². The molecule has 0 bridgehead atoms. The summed E-state index contributed by atoms with van der Waals surface area (Å²) in [5.74, 6) is 4.74. The molecule has 13 heteroatoms. The Balaban J connectivity index is 1.58. The third-order valence-electron chi connectivity index (χ3n) is 5.49. The van der Waals surface area contributed by atoms with E-state index >= 15 is 0 Å². The number of aromatic amines is 1. The SMILES string of the molecule is CNC(=O)c1cc(OCC#Cc2oc3c(N[C@@H]4CCN(C)C[C@@H]4F)cccc3c2SC(F)(F)F)n[nH]1. The standard InChI is InChI=1S/C23H23F4N5O3S/c1-28-22(33)17-11-19(31-30-17)34-10-4-7-18-21(36-23(25,26)27)13-5-3-6-16(20(13)35-18)29-15-8-9-32(2)12-14(15)24/h3,5-6,11,14-15,29H,8-10,12H2,1-2H3,(H,28,33)(H,30,31)/t14-,15+/m0/s1. The predicted octanol–water partition coefficient (Wildman–Crippen LogP) is 4.01. The first kappa shape index (κ1) is 25.7. The van der Waals surface area contributed by atoms with E-state index < -0.39 is 17.7 Å². The van der Waals surface area contributed by atoms with Crippen LogP contribution in [0, 0.1) is 11.8 Å². The zero-order valence-corrected chi connectivity index (χ0v) is 20.1. The normalized spacial score (nSPS) is 18.5. The first-order valence-electron chi connectivity index (χ1n) is 10.9. The van der Waals surface area contributed by atoms with Gasteiger partial charge in [-0.05, 0) is 43.3 Å². The van der Waals surface area contributed by atoms with Crippen LogP contribution in [0.5, 0.6) is 5.88 Å². The van der Waals surface area contributed by atoms with Crippen molar-refractivity contribution >= 4 is 34.3 Å². The minimum atomic E-state index is -4.57. The minimum Gasteiger partial charge on any atom is -0.463 e. The molecule has 3 heterocycles. The third kappa shape index (κ3) is 6.06. The number of H-pyrrole nitrogens is 1. The molecule has 2 atom stereocenters. The van der Waals surface area contributed by atoms with Crippen molar-refractivity contribution in [1.29, 1.82) is 0 Å². The lowest BCUT2D eigenvalue weighted by atomic mass is 10.0. The molecule has 0 aliphatic carbocycles. The molecule has 3 aromatic rings. The van der Waals surface area contributed by atoms with Gasteiger partial charge in [0, 0.05) is 31.6 Å². The highest BCUT2D eigenvalue weighted by molar-refractivity contribution is 8.00. The van der Waals surface area contributed by atoms with E-state index in [2.05, 4.69) is 32.7 Å². The second-order valence-electron chi connectivity index (χ2n) is 8.10. The Morgan fingerprint density at radius 1 is 1.42 bits per heavy atom. The smallest absolute Gasteiger partial charge is 0.446 e. The van der Waals surface area contributed by atoms with Gasteiger partial charge in [0.15, 0.2) is 18.0 Å². The van der Waals surface area contributed by atoms with Gasteiger partial charge in [0.05, 0.1) is 16.6 Å². The van der Waals surface area contributed by atoms with Crippen LogP contribution in [0.3, 0.4) is 0 Å². The Hall–Kier alpha value is -3.37. The van der Waals surface area contributed by atoms with Crippen LogP contribution in [0.1, 0.15) is 22.7 Å². The first-order chi connectivity index (χ1) is 17.1. The number of rotatable bonds is 6. The van der Waals surface area contributed by atoms with E-state index in [4.69, 9.17) is 9.15 Å². The molecule has 192 valence electrons. The van der Waals surface area contributed by atoms with E-state index in [1.807, 2.05) is 11.9 Å². The fraction of sp³-hybridized carbons (Fsp3) is 0.391. The van der Waals surface area contributed by atoms with E-state index in [1.165, 1.54) is 19.2 Å². The van der Waals surface area contributed by atoms with Crippen LogP contribution >= 0.6 is 11.8 Å². The Kier molecular flexibility index (Phi) is 7.65. The molecular formula is C23H23F4N5O3S. The Morgan fingerprint density at radius 2 is 2.22 bits per heavy atom. The number of carbonyl (C=O) groups excluding carboxylic acids is 1. The number of fused-ring (bicyclic) bond motifs is 1. The number of alkyl halides is 4. The van der Waals surface area contributed by atoms with E-state index in [0.717, 1.165) is 0 Å². The molecule has 1 amide bonds. The molecular weight excluding hydrogens is 502 g/mol. The summed E-state index contributed by atoms with van der Waals surface area (Å²) < 4.78 is 65.6. The summed E-state index contributed by atoms with van der Waals surface area (Å²) in [4.78, 5) is 13.3. The lowest BCUT2D eigenvalue weighted by molar-refractivity contribution is -0.0328. The number of anilines is 1. The molecule has 1 fully saturated rings. The van der Waals surface area contributed by atoms with E-state index in [0.29, 0.717) is 18.7 Å². The van der Waals surface area contributed by atoms with Crippen molar-refractivity contribution in [2.24, 2.45) is 0 Å². The van der Waals surface area contributed by atoms with Crippen LogP contribution in [0.15, 0.2) is 33.6 Å². The van der Waals surface area contributed by atoms with Crippen LogP contribution < -0.4 is 15.4 Å². The van der Waals surface area contributed by atoms with Crippen LogP contribution in [0.2, 0.25) is 0 Å². The lowest BCUT2D eigenvalue weighted by Gasteiger charge is -2.33. The maximum absolute atomic E-state index is 14.5. The predicted molar refractivity (Wildman–Crippen MR) is 127 cm³/mol. The number of furan rings is 1. The molecule has 1 aliphatic rings. The molecule has 3 N–H and O–H groups in total. The third-order valence-corrected chi connectivity index (χ3v) is 6.33. The van der Waals surface area contributed by atoms with Crippen LogP contribution in [-0.4, -0.2) is 72.5 Å². The Bertz CT molecular complexity index is 1300. The number of para-hydroxylation sites is 1. The molecule has 0 spiro atoms. The summed E-state index contributed by atoms with van der Waals surface area (Å²) >= 11 is -0.325. The molecule has 4 rings (SSSR count). The highest BCUT2D eigenvalue weighted by atomic mass is 32.2. The van der Waals surface area contributed by atoms with Crippen LogP contribution in [0.25, 0.3) is 11.0 Å². The molecule has 1 aliphatic heterocycles. The van der Waals surface area contributed by atoms with Gasteiger partial charge in [0.2, 0.25) is 5.88 Å². The van der Waals surface area contributed by atoms with Gasteiger partial charge >= 0.3 is 5.51 Å². The maximum Gasteiger partial charge on any atom is 0.446 e. The van der Waals surface area contributed by atoms with Gasteiger partial charge in [-0.15, -0.1) is 5.10 Å². The zero-order valence-electron chi connectivity index (χ0n) is 19.3. The van der Waals surface area contributed by atoms with E-state index in [9.17, 15) is 22.4 Å². The van der Waals surface area contributed by atoms with Crippen molar-refractivity contribution in [3.05, 3.63) is 35.7 Å². The number of hydrogen-bond donors (Lipinski definition) is 3. The summed E-state index contributed by atoms with van der Waals surface area (Å²) in [5.41, 5.74) is -3.82. The van der Waals surface area contributed by atoms with Gasteiger partial charge in [-0.25, -0.2) is 4.39 Å². The van der Waals surface area contributed by atoms with Gasteiger partial charge in [0.25, 0.3) is 5.91 Å². The van der Waals surface area contributed by atoms with Gasteiger partial charge in [0.1, 0.15) is 11.9 Å². The molecule has 0 radical (unpaired) electrons. The number of piperidine rings is 1. The summed E-state index contributed by atoms with van der Waals surface area (Å²) in [7, 11) is 3.29. The minimum absolute atomic E-state index is 0.0998. The number of halogens is 4. The number of ether oxygens (including phenoxy) is 1. The van der Waals surface area contributed by atoms with E-state index in [-0.39, 0.29) is 64.0 Å². The van der Waals surface area contributed by atoms with Gasteiger partial charge in [-0.2, -0.15) is 13.2 Å². The number of benzene rings is 1. The number of thioether (sulfide) groups is 1. The van der Waals surface area contributed by atoms with Gasteiger partial charge in [-0.3, -0.25) is 9.89 Å². The van der Waals surface area contributed by atoms with Crippen molar-refractivity contribution in [2.75, 3.05) is 39.1 Å². The summed E-state index contributed by atoms with van der Waals surface area (Å²) in [5, 5.41) is 12.1. The summed E-state index contributed by atoms with van der Waals surface area (Å²) in [6.07, 6.45) is -0.599. The summed E-state index contributed by atoms with van der Waals surface area (Å²) in [6.45, 7) is 0.743. The lowest BCUT2D eigenvalue weighted by Crippen LogP contribution is -2.46. The highest BCUT2D eigenvalue weighted by Gasteiger charge is 2.34. The number of nitrogens with zero attached hydrogens (tertiary/aromatic N) is 2. The second kappa shape index (κ2) is 10.7. The fourth-order valence-electron chi connectivity index (χ4n) is 3.78. The van der Waals surface area contributed by atoms with Crippen LogP contribution in [-0.2, 0) is 0 Å². The quantitative estimate of drug-likeness (QED) is 0.254. The average molecular weight is 526 g/mol. The fourth-order valence-corrected chi connectivity index (χ4v) is 4.47. The van der Waals surface area contributed by atoms with Crippen molar-refractivity contribution in [2.45, 2.75) is 29.0 Å². The molecule has 1 aromatic carbocycles. The average Bonchev–Trinajstić information content (AvgIpc) is 3.43. The monoisotopic (exact) mass is 525 g/mol. The number of likely N-dealkylation sites (tertiary alicyclic amines) is 1. The molecule has 36 heavy (non-hydrogen) atoms. The zero-order chi connectivity index (χ0) is 25.9. The number of carbonyl (C=O) groups is 1.